The molecule has 0 unspecified atom stereocenters. The highest BCUT2D eigenvalue weighted by Gasteiger charge is 2.10. The molecule has 8 heteroatoms. The van der Waals surface area contributed by atoms with Crippen molar-refractivity contribution in [2.45, 2.75) is 13.2 Å². The second-order valence-electron chi connectivity index (χ2n) is 7.43. The van der Waals surface area contributed by atoms with Crippen molar-refractivity contribution in [3.05, 3.63) is 76.2 Å². The van der Waals surface area contributed by atoms with Gasteiger partial charge in [0, 0.05) is 37.1 Å². The number of hydrogen-bond acceptors (Lipinski definition) is 7. The number of nitrogens with one attached hydrogen (secondary N) is 1. The lowest BCUT2D eigenvalue weighted by Gasteiger charge is -2.26. The average molecular weight is 454 g/mol. The van der Waals surface area contributed by atoms with Crippen molar-refractivity contribution in [1.82, 2.24) is 15.2 Å². The van der Waals surface area contributed by atoms with Gasteiger partial charge in [0.1, 0.15) is 24.7 Å². The Bertz CT molecular complexity index is 990. The number of nitrogens with zero attached hydrogens (tertiary/aromatic N) is 2. The van der Waals surface area contributed by atoms with Crippen LogP contribution in [0.25, 0.3) is 0 Å². The molecule has 1 fully saturated rings. The van der Waals surface area contributed by atoms with Gasteiger partial charge in [-0.15, -0.1) is 11.3 Å². The number of ether oxygens (including phenoxy) is 3. The minimum Gasteiger partial charge on any atom is -0.492 e. The Balaban J connectivity index is 1.24. The number of hydrogen-bond donors (Lipinski definition) is 1. The predicted molar refractivity (Wildman–Crippen MR) is 123 cm³/mol. The summed E-state index contributed by atoms with van der Waals surface area (Å²) >= 11 is 1.53. The van der Waals surface area contributed by atoms with Crippen LogP contribution in [0, 0.1) is 0 Å². The van der Waals surface area contributed by atoms with E-state index in [1.807, 2.05) is 41.8 Å². The normalized spacial score (nSPS) is 14.1. The summed E-state index contributed by atoms with van der Waals surface area (Å²) in [7, 11) is 0. The van der Waals surface area contributed by atoms with Gasteiger partial charge in [-0.25, -0.2) is 4.98 Å². The molecular weight excluding hydrogens is 426 g/mol. The summed E-state index contributed by atoms with van der Waals surface area (Å²) < 4.78 is 17.0. The first kappa shape index (κ1) is 22.3. The fourth-order valence-electron chi connectivity index (χ4n) is 3.34. The van der Waals surface area contributed by atoms with Crippen molar-refractivity contribution in [2.75, 3.05) is 39.5 Å². The lowest BCUT2D eigenvalue weighted by atomic mass is 10.1. The predicted octanol–water partition coefficient (Wildman–Crippen LogP) is 3.36. The summed E-state index contributed by atoms with van der Waals surface area (Å²) in [6, 6.07) is 15.0. The lowest BCUT2D eigenvalue weighted by Crippen LogP contribution is -2.38. The van der Waals surface area contributed by atoms with Gasteiger partial charge < -0.3 is 19.5 Å². The standard InChI is InChI=1S/C24H27N3O4S/c28-24(20-4-2-6-23(14-20)31-16-21-17-32-18-26-21)25-15-19-3-1-5-22(13-19)30-12-9-27-7-10-29-11-8-27/h1-6,13-14,17-18H,7-12,15-16H2,(H,25,28). The molecule has 1 saturated heterocycles. The van der Waals surface area contributed by atoms with Crippen LogP contribution in [0.5, 0.6) is 11.5 Å². The molecule has 32 heavy (non-hydrogen) atoms. The van der Waals surface area contributed by atoms with Crippen LogP contribution in [0.1, 0.15) is 21.6 Å². The highest BCUT2D eigenvalue weighted by molar-refractivity contribution is 7.07. The molecule has 4 rings (SSSR count). The van der Waals surface area contributed by atoms with E-state index in [0.29, 0.717) is 31.1 Å². The maximum Gasteiger partial charge on any atom is 0.251 e. The minimum atomic E-state index is -0.150. The minimum absolute atomic E-state index is 0.150. The maximum absolute atomic E-state index is 12.6. The van der Waals surface area contributed by atoms with E-state index in [0.717, 1.165) is 49.9 Å². The molecule has 1 aliphatic rings. The van der Waals surface area contributed by atoms with Crippen LogP contribution < -0.4 is 14.8 Å². The van der Waals surface area contributed by atoms with E-state index in [9.17, 15) is 4.79 Å². The number of aromatic nitrogens is 1. The number of thiazole rings is 1. The molecule has 1 aliphatic heterocycles. The Morgan fingerprint density at radius 1 is 1.09 bits per heavy atom. The third-order valence-corrected chi connectivity index (χ3v) is 5.73. The molecule has 0 bridgehead atoms. The SMILES string of the molecule is O=C(NCc1cccc(OCCN2CCOCC2)c1)c1cccc(OCc2cscn2)c1. The Labute approximate surface area is 191 Å². The van der Waals surface area contributed by atoms with E-state index in [2.05, 4.69) is 15.2 Å². The molecule has 0 atom stereocenters. The third-order valence-electron chi connectivity index (χ3n) is 5.10. The topological polar surface area (TPSA) is 72.9 Å². The van der Waals surface area contributed by atoms with E-state index in [1.165, 1.54) is 11.3 Å². The summed E-state index contributed by atoms with van der Waals surface area (Å²) in [5.74, 6) is 1.30. The second kappa shape index (κ2) is 11.6. The fraction of sp³-hybridized carbons (Fsp3) is 0.333. The van der Waals surface area contributed by atoms with Crippen LogP contribution in [0.15, 0.2) is 59.4 Å². The summed E-state index contributed by atoms with van der Waals surface area (Å²) in [6.45, 7) is 5.79. The van der Waals surface area contributed by atoms with Crippen LogP contribution >= 0.6 is 11.3 Å². The van der Waals surface area contributed by atoms with Gasteiger partial charge in [0.2, 0.25) is 0 Å². The van der Waals surface area contributed by atoms with Gasteiger partial charge in [0.05, 0.1) is 24.4 Å². The van der Waals surface area contributed by atoms with Crippen molar-refractivity contribution < 1.29 is 19.0 Å². The van der Waals surface area contributed by atoms with Crippen molar-refractivity contribution in [2.24, 2.45) is 0 Å². The first-order chi connectivity index (χ1) is 15.8. The van der Waals surface area contributed by atoms with Crippen molar-refractivity contribution in [1.29, 1.82) is 0 Å². The number of amides is 1. The van der Waals surface area contributed by atoms with Gasteiger partial charge in [-0.1, -0.05) is 18.2 Å². The molecular formula is C24H27N3O4S. The Morgan fingerprint density at radius 2 is 1.91 bits per heavy atom. The summed E-state index contributed by atoms with van der Waals surface area (Å²) in [5.41, 5.74) is 4.18. The van der Waals surface area contributed by atoms with E-state index in [4.69, 9.17) is 14.2 Å². The van der Waals surface area contributed by atoms with Gasteiger partial charge in [-0.05, 0) is 35.9 Å². The van der Waals surface area contributed by atoms with Crippen LogP contribution in [-0.4, -0.2) is 55.2 Å². The molecule has 0 saturated carbocycles. The highest BCUT2D eigenvalue weighted by Crippen LogP contribution is 2.17. The Kier molecular flexibility index (Phi) is 8.08. The van der Waals surface area contributed by atoms with E-state index in [-0.39, 0.29) is 5.91 Å². The van der Waals surface area contributed by atoms with Gasteiger partial charge in [-0.3, -0.25) is 9.69 Å². The number of rotatable bonds is 10. The smallest absolute Gasteiger partial charge is 0.251 e. The molecule has 168 valence electrons. The van der Waals surface area contributed by atoms with Gasteiger partial charge in [0.15, 0.2) is 0 Å². The quantitative estimate of drug-likeness (QED) is 0.508. The fourth-order valence-corrected chi connectivity index (χ4v) is 3.88. The van der Waals surface area contributed by atoms with Crippen molar-refractivity contribution in [3.63, 3.8) is 0 Å². The van der Waals surface area contributed by atoms with Crippen LogP contribution in [0.4, 0.5) is 0 Å². The van der Waals surface area contributed by atoms with Gasteiger partial charge >= 0.3 is 0 Å². The highest BCUT2D eigenvalue weighted by atomic mass is 32.1. The van der Waals surface area contributed by atoms with Crippen LogP contribution in [0.2, 0.25) is 0 Å². The van der Waals surface area contributed by atoms with Gasteiger partial charge in [-0.2, -0.15) is 0 Å². The van der Waals surface area contributed by atoms with E-state index in [1.54, 1.807) is 17.6 Å². The Hall–Kier alpha value is -2.94. The zero-order valence-corrected chi connectivity index (χ0v) is 18.7. The molecule has 0 radical (unpaired) electrons. The number of morpholine rings is 1. The molecule has 2 aromatic carbocycles. The molecule has 1 amide bonds. The lowest BCUT2D eigenvalue weighted by molar-refractivity contribution is 0.0322. The third kappa shape index (κ3) is 6.78. The zero-order valence-electron chi connectivity index (χ0n) is 17.9. The molecule has 0 spiro atoms. The molecule has 1 N–H and O–H groups in total. The summed E-state index contributed by atoms with van der Waals surface area (Å²) in [4.78, 5) is 19.1. The molecule has 0 aliphatic carbocycles. The molecule has 3 aromatic rings. The van der Waals surface area contributed by atoms with Crippen molar-refractivity contribution in [3.8, 4) is 11.5 Å². The number of carbonyl (C=O) groups excluding carboxylic acids is 1. The summed E-state index contributed by atoms with van der Waals surface area (Å²) in [5, 5.41) is 4.91. The second-order valence-corrected chi connectivity index (χ2v) is 8.15. The monoisotopic (exact) mass is 453 g/mol. The molecule has 1 aromatic heterocycles. The number of carbonyl (C=O) groups is 1. The van der Waals surface area contributed by atoms with Crippen LogP contribution in [-0.2, 0) is 17.9 Å². The van der Waals surface area contributed by atoms with E-state index < -0.39 is 0 Å². The first-order valence-corrected chi connectivity index (χ1v) is 11.6. The summed E-state index contributed by atoms with van der Waals surface area (Å²) in [6.07, 6.45) is 0. The van der Waals surface area contributed by atoms with E-state index >= 15 is 0 Å². The van der Waals surface area contributed by atoms with Crippen LogP contribution in [0.3, 0.4) is 0 Å². The largest absolute Gasteiger partial charge is 0.492 e. The molecule has 2 heterocycles. The maximum atomic E-state index is 12.6. The average Bonchev–Trinajstić information content (AvgIpc) is 3.36. The zero-order chi connectivity index (χ0) is 22.0. The number of benzene rings is 2. The molecule has 7 nitrogen and oxygen atoms in total. The van der Waals surface area contributed by atoms with Gasteiger partial charge in [0.25, 0.3) is 5.91 Å². The van der Waals surface area contributed by atoms with Crippen molar-refractivity contribution >= 4 is 17.2 Å². The Morgan fingerprint density at radius 3 is 2.72 bits per heavy atom. The first-order valence-electron chi connectivity index (χ1n) is 10.7.